The van der Waals surface area contributed by atoms with E-state index in [0.717, 1.165) is 23.6 Å². The van der Waals surface area contributed by atoms with Crippen molar-refractivity contribution in [3.63, 3.8) is 0 Å². The molecule has 0 radical (unpaired) electrons. The number of halogens is 2. The molecule has 0 amide bonds. The molecule has 1 aliphatic heterocycles. The molecule has 2 aromatic rings. The first-order valence-corrected chi connectivity index (χ1v) is 8.64. The lowest BCUT2D eigenvalue weighted by Crippen LogP contribution is -2.13. The summed E-state index contributed by atoms with van der Waals surface area (Å²) < 4.78 is 21.1. The van der Waals surface area contributed by atoms with Gasteiger partial charge in [-0.25, -0.2) is 9.37 Å². The number of hydrogen-bond donors (Lipinski definition) is 0. The number of fused-ring (bicyclic) bond motifs is 1. The van der Waals surface area contributed by atoms with Gasteiger partial charge in [0.15, 0.2) is 11.6 Å². The zero-order valence-corrected chi connectivity index (χ0v) is 13.7. The molecule has 0 N–H and O–H groups in total. The lowest BCUT2D eigenvalue weighted by atomic mass is 10.1. The van der Waals surface area contributed by atoms with Gasteiger partial charge < -0.3 is 9.30 Å². The van der Waals surface area contributed by atoms with Crippen LogP contribution >= 0.6 is 23.4 Å². The Balaban J connectivity index is 2.10. The molecule has 6 heteroatoms. The molecule has 0 saturated carbocycles. The Labute approximate surface area is 132 Å². The number of thioether (sulfide) groups is 1. The zero-order chi connectivity index (χ0) is 15.0. The summed E-state index contributed by atoms with van der Waals surface area (Å²) in [6.07, 6.45) is 1.21. The number of rotatable bonds is 4. The van der Waals surface area contributed by atoms with Gasteiger partial charge in [-0.15, -0.1) is 11.6 Å². The first-order chi connectivity index (χ1) is 10.1. The number of alkyl halides is 1. The molecule has 1 aliphatic rings. The van der Waals surface area contributed by atoms with Gasteiger partial charge in [-0.3, -0.25) is 0 Å². The molecule has 21 heavy (non-hydrogen) atoms. The first kappa shape index (κ1) is 15.0. The van der Waals surface area contributed by atoms with Crippen LogP contribution < -0.4 is 4.74 Å². The Morgan fingerprint density at radius 3 is 3.00 bits per heavy atom. The van der Waals surface area contributed by atoms with Gasteiger partial charge in [0.25, 0.3) is 0 Å². The standard InChI is InChI=1S/C15H18ClFN2OS/c1-9(16)15-18-12-5-11(17)14(20-2)6-13(12)19(15)7-10-3-4-21-8-10/h5-6,9-10H,3-4,7-8H2,1-2H3. The van der Waals surface area contributed by atoms with E-state index in [0.29, 0.717) is 11.4 Å². The number of ether oxygens (including phenoxy) is 1. The predicted octanol–water partition coefficient (Wildman–Crippen LogP) is 4.24. The third-order valence-electron chi connectivity index (χ3n) is 3.87. The van der Waals surface area contributed by atoms with Gasteiger partial charge in [-0.05, 0) is 30.8 Å². The fourth-order valence-corrected chi connectivity index (χ4v) is 4.22. The Morgan fingerprint density at radius 1 is 1.57 bits per heavy atom. The van der Waals surface area contributed by atoms with Crippen LogP contribution in [-0.4, -0.2) is 28.2 Å². The lowest BCUT2D eigenvalue weighted by Gasteiger charge is -2.15. The highest BCUT2D eigenvalue weighted by molar-refractivity contribution is 7.99. The molecule has 2 atom stereocenters. The number of imidazole rings is 1. The van der Waals surface area contributed by atoms with Crippen molar-refractivity contribution in [1.82, 2.24) is 9.55 Å². The summed E-state index contributed by atoms with van der Waals surface area (Å²) in [5.41, 5.74) is 1.54. The van der Waals surface area contributed by atoms with Crippen LogP contribution in [-0.2, 0) is 6.54 Å². The quantitative estimate of drug-likeness (QED) is 0.786. The first-order valence-electron chi connectivity index (χ1n) is 7.05. The predicted molar refractivity (Wildman–Crippen MR) is 85.9 cm³/mol. The van der Waals surface area contributed by atoms with E-state index in [9.17, 15) is 4.39 Å². The number of aromatic nitrogens is 2. The molecule has 3 rings (SSSR count). The average Bonchev–Trinajstić information content (AvgIpc) is 3.06. The number of benzene rings is 1. The second kappa shape index (κ2) is 6.05. The fraction of sp³-hybridized carbons (Fsp3) is 0.533. The van der Waals surface area contributed by atoms with E-state index in [4.69, 9.17) is 16.3 Å². The molecule has 1 aromatic carbocycles. The number of hydrogen-bond acceptors (Lipinski definition) is 3. The Bertz CT molecular complexity index is 653. The summed E-state index contributed by atoms with van der Waals surface area (Å²) in [4.78, 5) is 4.52. The molecular weight excluding hydrogens is 311 g/mol. The van der Waals surface area contributed by atoms with Gasteiger partial charge in [0, 0.05) is 18.7 Å². The van der Waals surface area contributed by atoms with Crippen molar-refractivity contribution in [1.29, 1.82) is 0 Å². The van der Waals surface area contributed by atoms with Crippen LogP contribution in [0.4, 0.5) is 4.39 Å². The average molecular weight is 329 g/mol. The highest BCUT2D eigenvalue weighted by Gasteiger charge is 2.22. The molecule has 114 valence electrons. The van der Waals surface area contributed by atoms with Gasteiger partial charge in [-0.2, -0.15) is 11.8 Å². The molecule has 1 fully saturated rings. The second-order valence-corrected chi connectivity index (χ2v) is 7.21. The van der Waals surface area contributed by atoms with Crippen molar-refractivity contribution < 1.29 is 9.13 Å². The molecule has 2 heterocycles. The maximum atomic E-state index is 13.9. The highest BCUT2D eigenvalue weighted by atomic mass is 35.5. The monoisotopic (exact) mass is 328 g/mol. The Morgan fingerprint density at radius 2 is 2.38 bits per heavy atom. The van der Waals surface area contributed by atoms with Crippen LogP contribution in [0.15, 0.2) is 12.1 Å². The van der Waals surface area contributed by atoms with Crippen molar-refractivity contribution >= 4 is 34.4 Å². The minimum atomic E-state index is -0.389. The van der Waals surface area contributed by atoms with E-state index in [1.165, 1.54) is 25.3 Å². The summed E-state index contributed by atoms with van der Waals surface area (Å²) in [7, 11) is 1.48. The van der Waals surface area contributed by atoms with Crippen LogP contribution in [0.3, 0.4) is 0 Å². The lowest BCUT2D eigenvalue weighted by molar-refractivity contribution is 0.387. The van der Waals surface area contributed by atoms with Crippen molar-refractivity contribution in [2.45, 2.75) is 25.3 Å². The van der Waals surface area contributed by atoms with Gasteiger partial charge in [0.05, 0.1) is 23.5 Å². The largest absolute Gasteiger partial charge is 0.494 e. The molecular formula is C15H18ClFN2OS. The van der Waals surface area contributed by atoms with E-state index < -0.39 is 0 Å². The van der Waals surface area contributed by atoms with Gasteiger partial charge >= 0.3 is 0 Å². The minimum Gasteiger partial charge on any atom is -0.494 e. The van der Waals surface area contributed by atoms with E-state index in [-0.39, 0.29) is 16.9 Å². The summed E-state index contributed by atoms with van der Waals surface area (Å²) in [6.45, 7) is 2.78. The molecule has 0 bridgehead atoms. The number of nitrogens with zero attached hydrogens (tertiary/aromatic N) is 2. The van der Waals surface area contributed by atoms with Gasteiger partial charge in [-0.1, -0.05) is 0 Å². The van der Waals surface area contributed by atoms with E-state index in [2.05, 4.69) is 9.55 Å². The summed E-state index contributed by atoms with van der Waals surface area (Å²) in [6, 6.07) is 3.15. The van der Waals surface area contributed by atoms with E-state index in [1.807, 2.05) is 18.7 Å². The van der Waals surface area contributed by atoms with Crippen LogP contribution in [0.2, 0.25) is 0 Å². The summed E-state index contributed by atoms with van der Waals surface area (Å²) in [5.74, 6) is 3.65. The van der Waals surface area contributed by atoms with Gasteiger partial charge in [0.2, 0.25) is 0 Å². The van der Waals surface area contributed by atoms with Gasteiger partial charge in [0.1, 0.15) is 5.82 Å². The van der Waals surface area contributed by atoms with Crippen LogP contribution in [0, 0.1) is 11.7 Å². The highest BCUT2D eigenvalue weighted by Crippen LogP contribution is 2.32. The summed E-state index contributed by atoms with van der Waals surface area (Å²) >= 11 is 8.25. The van der Waals surface area contributed by atoms with Crippen LogP contribution in [0.1, 0.15) is 24.5 Å². The normalized spacial score (nSPS) is 20.1. The molecule has 0 aliphatic carbocycles. The molecule has 0 spiro atoms. The molecule has 2 unspecified atom stereocenters. The maximum Gasteiger partial charge on any atom is 0.167 e. The SMILES string of the molecule is COc1cc2c(cc1F)nc(C(C)Cl)n2CC1CCSC1. The second-order valence-electron chi connectivity index (χ2n) is 5.40. The topological polar surface area (TPSA) is 27.1 Å². The minimum absolute atomic E-state index is 0.208. The van der Waals surface area contributed by atoms with E-state index >= 15 is 0 Å². The third kappa shape index (κ3) is 2.86. The molecule has 1 saturated heterocycles. The zero-order valence-electron chi connectivity index (χ0n) is 12.1. The van der Waals surface area contributed by atoms with Crippen LogP contribution in [0.5, 0.6) is 5.75 Å². The van der Waals surface area contributed by atoms with Crippen molar-refractivity contribution in [2.75, 3.05) is 18.6 Å². The smallest absolute Gasteiger partial charge is 0.167 e. The third-order valence-corrected chi connectivity index (χ3v) is 5.30. The molecule has 3 nitrogen and oxygen atoms in total. The van der Waals surface area contributed by atoms with Crippen molar-refractivity contribution in [2.24, 2.45) is 5.92 Å². The molecule has 1 aromatic heterocycles. The fourth-order valence-electron chi connectivity index (χ4n) is 2.78. The number of methoxy groups -OCH3 is 1. The maximum absolute atomic E-state index is 13.9. The van der Waals surface area contributed by atoms with E-state index in [1.54, 1.807) is 6.07 Å². The van der Waals surface area contributed by atoms with Crippen molar-refractivity contribution in [3.8, 4) is 5.75 Å². The van der Waals surface area contributed by atoms with Crippen LogP contribution in [0.25, 0.3) is 11.0 Å². The Hall–Kier alpha value is -0.940. The van der Waals surface area contributed by atoms with Crippen molar-refractivity contribution in [3.05, 3.63) is 23.8 Å². The Kier molecular flexibility index (Phi) is 4.31. The summed E-state index contributed by atoms with van der Waals surface area (Å²) in [5, 5.41) is -0.208.